The predicted octanol–water partition coefficient (Wildman–Crippen LogP) is 3.26. The quantitative estimate of drug-likeness (QED) is 0.900. The minimum atomic E-state index is -3.65. The van der Waals surface area contributed by atoms with Gasteiger partial charge in [-0.15, -0.1) is 0 Å². The first-order valence-corrected chi connectivity index (χ1v) is 7.74. The number of nitrogens with one attached hydrogen (secondary N) is 1. The highest BCUT2D eigenvalue weighted by molar-refractivity contribution is 9.10. The molecule has 6 heteroatoms. The number of sulfonamides is 1. The van der Waals surface area contributed by atoms with Crippen molar-refractivity contribution >= 4 is 31.6 Å². The molecule has 0 fully saturated rings. The third-order valence-corrected chi connectivity index (χ3v) is 4.47. The van der Waals surface area contributed by atoms with E-state index in [1.165, 1.54) is 24.3 Å². The maximum atomic E-state index is 12.2. The number of anilines is 1. The predicted molar refractivity (Wildman–Crippen MR) is 77.8 cm³/mol. The molecule has 0 spiro atoms. The SMILES string of the molecule is Cc1ccc(Br)cc1NS(=O)(=O)c1ccc(O)cc1. The summed E-state index contributed by atoms with van der Waals surface area (Å²) in [7, 11) is -3.65. The Morgan fingerprint density at radius 3 is 2.37 bits per heavy atom. The second kappa shape index (κ2) is 5.22. The van der Waals surface area contributed by atoms with E-state index in [0.29, 0.717) is 5.69 Å². The average molecular weight is 342 g/mol. The molecule has 0 saturated heterocycles. The fourth-order valence-corrected chi connectivity index (χ4v) is 3.02. The van der Waals surface area contributed by atoms with Crippen molar-refractivity contribution in [2.45, 2.75) is 11.8 Å². The molecule has 2 rings (SSSR count). The highest BCUT2D eigenvalue weighted by atomic mass is 79.9. The summed E-state index contributed by atoms with van der Waals surface area (Å²) in [5.41, 5.74) is 1.34. The largest absolute Gasteiger partial charge is 0.508 e. The van der Waals surface area contributed by atoms with Crippen molar-refractivity contribution in [2.75, 3.05) is 4.72 Å². The zero-order valence-corrected chi connectivity index (χ0v) is 12.5. The molecule has 0 unspecified atom stereocenters. The van der Waals surface area contributed by atoms with Gasteiger partial charge in [0.25, 0.3) is 10.0 Å². The summed E-state index contributed by atoms with van der Waals surface area (Å²) < 4.78 is 27.7. The summed E-state index contributed by atoms with van der Waals surface area (Å²) in [6, 6.07) is 10.7. The van der Waals surface area contributed by atoms with Crippen LogP contribution in [0.25, 0.3) is 0 Å². The first-order valence-electron chi connectivity index (χ1n) is 5.46. The summed E-state index contributed by atoms with van der Waals surface area (Å²) in [5.74, 6) is 0.0255. The number of phenols is 1. The summed E-state index contributed by atoms with van der Waals surface area (Å²) in [5, 5.41) is 9.17. The van der Waals surface area contributed by atoms with Gasteiger partial charge in [0, 0.05) is 4.47 Å². The molecule has 0 saturated carbocycles. The van der Waals surface area contributed by atoms with Gasteiger partial charge in [0.05, 0.1) is 10.6 Å². The fourth-order valence-electron chi connectivity index (χ4n) is 1.53. The maximum Gasteiger partial charge on any atom is 0.261 e. The van der Waals surface area contributed by atoms with Gasteiger partial charge in [-0.05, 0) is 48.9 Å². The van der Waals surface area contributed by atoms with Crippen LogP contribution < -0.4 is 4.72 Å². The lowest BCUT2D eigenvalue weighted by molar-refractivity contribution is 0.475. The highest BCUT2D eigenvalue weighted by Gasteiger charge is 2.15. The van der Waals surface area contributed by atoms with Crippen LogP contribution in [0, 0.1) is 6.92 Å². The number of halogens is 1. The van der Waals surface area contributed by atoms with Crippen LogP contribution in [0.4, 0.5) is 5.69 Å². The molecule has 0 heterocycles. The van der Waals surface area contributed by atoms with Crippen molar-refractivity contribution in [1.82, 2.24) is 0 Å². The number of aryl methyl sites for hydroxylation is 1. The van der Waals surface area contributed by atoms with Crippen molar-refractivity contribution in [3.63, 3.8) is 0 Å². The molecule has 0 aromatic heterocycles. The van der Waals surface area contributed by atoms with E-state index in [1.807, 2.05) is 19.1 Å². The number of aromatic hydroxyl groups is 1. The van der Waals surface area contributed by atoms with Gasteiger partial charge in [-0.25, -0.2) is 8.42 Å². The molecule has 0 aliphatic carbocycles. The second-order valence-electron chi connectivity index (χ2n) is 4.06. The van der Waals surface area contributed by atoms with Gasteiger partial charge in [0.2, 0.25) is 0 Å². The summed E-state index contributed by atoms with van der Waals surface area (Å²) in [4.78, 5) is 0.102. The molecule has 2 aromatic rings. The van der Waals surface area contributed by atoms with E-state index in [1.54, 1.807) is 6.07 Å². The molecular formula is C13H12BrNO3S. The van der Waals surface area contributed by atoms with Crippen LogP contribution in [0.5, 0.6) is 5.75 Å². The maximum absolute atomic E-state index is 12.2. The lowest BCUT2D eigenvalue weighted by atomic mass is 10.2. The Labute approximate surface area is 120 Å². The van der Waals surface area contributed by atoms with Gasteiger partial charge in [0.15, 0.2) is 0 Å². The molecule has 0 radical (unpaired) electrons. The van der Waals surface area contributed by atoms with E-state index >= 15 is 0 Å². The molecule has 100 valence electrons. The van der Waals surface area contributed by atoms with Crippen molar-refractivity contribution in [3.05, 3.63) is 52.5 Å². The van der Waals surface area contributed by atoms with Crippen LogP contribution in [0.1, 0.15) is 5.56 Å². The van der Waals surface area contributed by atoms with Gasteiger partial charge in [-0.1, -0.05) is 22.0 Å². The Morgan fingerprint density at radius 1 is 1.11 bits per heavy atom. The Balaban J connectivity index is 2.36. The van der Waals surface area contributed by atoms with E-state index in [-0.39, 0.29) is 10.6 Å². The summed E-state index contributed by atoms with van der Waals surface area (Å²) >= 11 is 3.30. The van der Waals surface area contributed by atoms with Gasteiger partial charge in [0.1, 0.15) is 5.75 Å². The third kappa shape index (κ3) is 3.27. The Bertz CT molecular complexity index is 696. The lowest BCUT2D eigenvalue weighted by Gasteiger charge is -2.11. The average Bonchev–Trinajstić information content (AvgIpc) is 2.34. The molecule has 2 aromatic carbocycles. The molecule has 0 bridgehead atoms. The Morgan fingerprint density at radius 2 is 1.74 bits per heavy atom. The van der Waals surface area contributed by atoms with Crippen LogP contribution in [-0.2, 0) is 10.0 Å². The highest BCUT2D eigenvalue weighted by Crippen LogP contribution is 2.24. The lowest BCUT2D eigenvalue weighted by Crippen LogP contribution is -2.13. The standard InChI is InChI=1S/C13H12BrNO3S/c1-9-2-3-10(14)8-13(9)15-19(17,18)12-6-4-11(16)5-7-12/h2-8,15-16H,1H3. The van der Waals surface area contributed by atoms with E-state index < -0.39 is 10.0 Å². The van der Waals surface area contributed by atoms with Gasteiger partial charge in [-0.3, -0.25) is 4.72 Å². The van der Waals surface area contributed by atoms with Gasteiger partial charge in [-0.2, -0.15) is 0 Å². The number of benzene rings is 2. The van der Waals surface area contributed by atoms with Crippen LogP contribution in [0.2, 0.25) is 0 Å². The van der Waals surface area contributed by atoms with Crippen LogP contribution in [0.15, 0.2) is 51.8 Å². The van der Waals surface area contributed by atoms with Crippen LogP contribution in [0.3, 0.4) is 0 Å². The van der Waals surface area contributed by atoms with Crippen molar-refractivity contribution in [2.24, 2.45) is 0 Å². The monoisotopic (exact) mass is 341 g/mol. The molecule has 2 N–H and O–H groups in total. The first kappa shape index (κ1) is 13.9. The molecule has 0 amide bonds. The smallest absolute Gasteiger partial charge is 0.261 e. The number of rotatable bonds is 3. The van der Waals surface area contributed by atoms with Crippen molar-refractivity contribution in [1.29, 1.82) is 0 Å². The Hall–Kier alpha value is -1.53. The molecule has 0 aliphatic rings. The third-order valence-electron chi connectivity index (χ3n) is 2.59. The molecule has 19 heavy (non-hydrogen) atoms. The first-order chi connectivity index (χ1) is 8.88. The van der Waals surface area contributed by atoms with E-state index in [0.717, 1.165) is 10.0 Å². The summed E-state index contributed by atoms with van der Waals surface area (Å²) in [6.45, 7) is 1.82. The van der Waals surface area contributed by atoms with Crippen LogP contribution in [-0.4, -0.2) is 13.5 Å². The molecular weight excluding hydrogens is 330 g/mol. The van der Waals surface area contributed by atoms with Crippen LogP contribution >= 0.6 is 15.9 Å². The zero-order valence-electron chi connectivity index (χ0n) is 10.1. The van der Waals surface area contributed by atoms with E-state index in [2.05, 4.69) is 20.7 Å². The van der Waals surface area contributed by atoms with Crippen molar-refractivity contribution < 1.29 is 13.5 Å². The van der Waals surface area contributed by atoms with E-state index in [4.69, 9.17) is 0 Å². The molecule has 0 aliphatic heterocycles. The van der Waals surface area contributed by atoms with Gasteiger partial charge >= 0.3 is 0 Å². The second-order valence-corrected chi connectivity index (χ2v) is 6.66. The fraction of sp³-hybridized carbons (Fsp3) is 0.0769. The normalized spacial score (nSPS) is 11.3. The topological polar surface area (TPSA) is 66.4 Å². The van der Waals surface area contributed by atoms with Crippen molar-refractivity contribution in [3.8, 4) is 5.75 Å². The molecule has 4 nitrogen and oxygen atoms in total. The number of phenolic OH excluding ortho intramolecular Hbond substituents is 1. The number of hydrogen-bond acceptors (Lipinski definition) is 3. The van der Waals surface area contributed by atoms with E-state index in [9.17, 15) is 13.5 Å². The molecule has 0 atom stereocenters. The number of hydrogen-bond donors (Lipinski definition) is 2. The zero-order chi connectivity index (χ0) is 14.0. The summed E-state index contributed by atoms with van der Waals surface area (Å²) in [6.07, 6.45) is 0. The van der Waals surface area contributed by atoms with Gasteiger partial charge < -0.3 is 5.11 Å². The minimum absolute atomic E-state index is 0.0255. The minimum Gasteiger partial charge on any atom is -0.508 e. The Kier molecular flexibility index (Phi) is 3.82.